The Labute approximate surface area is 74.1 Å². The van der Waals surface area contributed by atoms with Crippen LogP contribution in [0.5, 0.6) is 0 Å². The molecule has 0 amide bonds. The van der Waals surface area contributed by atoms with Gasteiger partial charge in [-0.05, 0) is 6.42 Å². The van der Waals surface area contributed by atoms with Crippen molar-refractivity contribution in [3.63, 3.8) is 0 Å². The lowest BCUT2D eigenvalue weighted by Crippen LogP contribution is -2.55. The summed E-state index contributed by atoms with van der Waals surface area (Å²) in [5.74, 6) is -2.52. The number of aliphatic hydroxyl groups is 4. The molecule has 13 heavy (non-hydrogen) atoms. The third kappa shape index (κ3) is 1.80. The molecule has 0 aliphatic heterocycles. The van der Waals surface area contributed by atoms with Crippen LogP contribution in [-0.4, -0.2) is 55.9 Å². The number of aliphatic carboxylic acids is 1. The van der Waals surface area contributed by atoms with Crippen molar-refractivity contribution in [2.45, 2.75) is 30.8 Å². The highest BCUT2D eigenvalue weighted by atomic mass is 16.4. The molecule has 1 rings (SSSR count). The maximum absolute atomic E-state index is 10.5. The molecule has 6 nitrogen and oxygen atoms in total. The Morgan fingerprint density at radius 3 is 2.00 bits per heavy atom. The summed E-state index contributed by atoms with van der Waals surface area (Å²) in [5, 5.41) is 45.0. The molecule has 1 aliphatic carbocycles. The Morgan fingerprint density at radius 2 is 1.54 bits per heavy atom. The summed E-state index contributed by atoms with van der Waals surface area (Å²) < 4.78 is 0. The van der Waals surface area contributed by atoms with Crippen molar-refractivity contribution >= 4 is 5.97 Å². The molecule has 0 saturated heterocycles. The van der Waals surface area contributed by atoms with E-state index in [4.69, 9.17) is 20.4 Å². The first-order valence-corrected chi connectivity index (χ1v) is 3.90. The van der Waals surface area contributed by atoms with Gasteiger partial charge in [-0.3, -0.25) is 4.79 Å². The maximum Gasteiger partial charge on any atom is 0.309 e. The zero-order valence-corrected chi connectivity index (χ0v) is 6.74. The largest absolute Gasteiger partial charge is 0.481 e. The number of hydrogen-bond acceptors (Lipinski definition) is 5. The molecule has 0 aromatic rings. The topological polar surface area (TPSA) is 118 Å². The highest BCUT2D eigenvalue weighted by Gasteiger charge is 2.44. The number of carboxylic acids is 1. The van der Waals surface area contributed by atoms with Crippen LogP contribution in [0.1, 0.15) is 6.42 Å². The van der Waals surface area contributed by atoms with Crippen LogP contribution in [0.3, 0.4) is 0 Å². The van der Waals surface area contributed by atoms with Gasteiger partial charge < -0.3 is 25.5 Å². The monoisotopic (exact) mass is 192 g/mol. The molecular weight excluding hydrogens is 180 g/mol. The van der Waals surface area contributed by atoms with E-state index in [1.165, 1.54) is 0 Å². The van der Waals surface area contributed by atoms with Crippen molar-refractivity contribution in [3.05, 3.63) is 0 Å². The average molecular weight is 192 g/mol. The van der Waals surface area contributed by atoms with Gasteiger partial charge in [-0.25, -0.2) is 0 Å². The molecular formula is C7H12O6. The van der Waals surface area contributed by atoms with Crippen molar-refractivity contribution in [2.75, 3.05) is 0 Å². The second-order valence-corrected chi connectivity index (χ2v) is 3.22. The van der Waals surface area contributed by atoms with Crippen LogP contribution >= 0.6 is 0 Å². The van der Waals surface area contributed by atoms with Crippen molar-refractivity contribution < 1.29 is 30.3 Å². The van der Waals surface area contributed by atoms with Crippen molar-refractivity contribution in [3.8, 4) is 0 Å². The smallest absolute Gasteiger partial charge is 0.309 e. The predicted molar refractivity (Wildman–Crippen MR) is 39.8 cm³/mol. The molecule has 0 unspecified atom stereocenters. The maximum atomic E-state index is 10.5. The average Bonchev–Trinajstić information content (AvgIpc) is 2.07. The first kappa shape index (κ1) is 10.4. The van der Waals surface area contributed by atoms with Crippen LogP contribution < -0.4 is 0 Å². The standard InChI is InChI=1S/C7H12O6/c8-3-1-2(7(12)13)4(9)6(11)5(3)10/h2-6,8-11H,1H2,(H,12,13)/t2-,3+,4-,5+,6-/m0/s1. The fourth-order valence-corrected chi connectivity index (χ4v) is 1.45. The molecule has 0 aromatic heterocycles. The van der Waals surface area contributed by atoms with Gasteiger partial charge >= 0.3 is 5.97 Å². The number of carboxylic acid groups (broad SMARTS) is 1. The van der Waals surface area contributed by atoms with Crippen molar-refractivity contribution in [1.29, 1.82) is 0 Å². The van der Waals surface area contributed by atoms with Crippen LogP contribution in [-0.2, 0) is 4.79 Å². The van der Waals surface area contributed by atoms with Crippen LogP contribution in [0.15, 0.2) is 0 Å². The fourth-order valence-electron chi connectivity index (χ4n) is 1.45. The molecule has 6 heteroatoms. The highest BCUT2D eigenvalue weighted by Crippen LogP contribution is 2.25. The molecule has 0 radical (unpaired) electrons. The summed E-state index contributed by atoms with van der Waals surface area (Å²) >= 11 is 0. The third-order valence-corrected chi connectivity index (χ3v) is 2.32. The molecule has 0 aromatic carbocycles. The zero-order chi connectivity index (χ0) is 10.2. The minimum absolute atomic E-state index is 0.255. The van der Waals surface area contributed by atoms with Crippen LogP contribution in [0.25, 0.3) is 0 Å². The number of carbonyl (C=O) groups is 1. The second kappa shape index (κ2) is 3.59. The molecule has 0 bridgehead atoms. The lowest BCUT2D eigenvalue weighted by molar-refractivity contribution is -0.178. The minimum atomic E-state index is -1.61. The summed E-state index contributed by atoms with van der Waals surface area (Å²) in [5.41, 5.74) is 0. The lowest BCUT2D eigenvalue weighted by atomic mass is 9.81. The van der Waals surface area contributed by atoms with Crippen LogP contribution in [0.2, 0.25) is 0 Å². The Bertz CT molecular complexity index is 205. The third-order valence-electron chi connectivity index (χ3n) is 2.32. The van der Waals surface area contributed by atoms with Gasteiger partial charge in [-0.1, -0.05) is 0 Å². The molecule has 1 aliphatic rings. The van der Waals surface area contributed by atoms with Gasteiger partial charge in [0.1, 0.15) is 12.2 Å². The Hall–Kier alpha value is -0.690. The number of rotatable bonds is 1. The van der Waals surface area contributed by atoms with Gasteiger partial charge in [0.25, 0.3) is 0 Å². The van der Waals surface area contributed by atoms with Crippen molar-refractivity contribution in [1.82, 2.24) is 0 Å². The van der Waals surface area contributed by atoms with E-state index in [1.807, 2.05) is 0 Å². The molecule has 1 saturated carbocycles. The predicted octanol–water partition coefficient (Wildman–Crippen LogP) is -2.47. The van der Waals surface area contributed by atoms with Gasteiger partial charge in [0.05, 0.1) is 18.1 Å². The van der Waals surface area contributed by atoms with E-state index in [2.05, 4.69) is 0 Å². The molecule has 0 spiro atoms. The van der Waals surface area contributed by atoms with E-state index in [1.54, 1.807) is 0 Å². The van der Waals surface area contributed by atoms with E-state index in [-0.39, 0.29) is 6.42 Å². The molecule has 5 atom stereocenters. The van der Waals surface area contributed by atoms with E-state index in [0.29, 0.717) is 0 Å². The summed E-state index contributed by atoms with van der Waals surface area (Å²) in [6, 6.07) is 0. The van der Waals surface area contributed by atoms with Crippen LogP contribution in [0.4, 0.5) is 0 Å². The first-order chi connectivity index (χ1) is 5.95. The first-order valence-electron chi connectivity index (χ1n) is 3.90. The fraction of sp³-hybridized carbons (Fsp3) is 0.857. The van der Waals surface area contributed by atoms with E-state index >= 15 is 0 Å². The van der Waals surface area contributed by atoms with E-state index < -0.39 is 36.3 Å². The number of aliphatic hydroxyl groups excluding tert-OH is 4. The minimum Gasteiger partial charge on any atom is -0.481 e. The highest BCUT2D eigenvalue weighted by molar-refractivity contribution is 5.71. The Balaban J connectivity index is 2.76. The Morgan fingerprint density at radius 1 is 1.00 bits per heavy atom. The quantitative estimate of drug-likeness (QED) is 0.314. The SMILES string of the molecule is O=C(O)[C@H]1C[C@@H](O)[C@@H](O)[C@@H](O)[C@H]1O. The van der Waals surface area contributed by atoms with Gasteiger partial charge in [0.2, 0.25) is 0 Å². The van der Waals surface area contributed by atoms with Crippen LogP contribution in [0, 0.1) is 5.92 Å². The molecule has 5 N–H and O–H groups in total. The summed E-state index contributed by atoms with van der Waals surface area (Å²) in [6.07, 6.45) is -6.18. The molecule has 76 valence electrons. The second-order valence-electron chi connectivity index (χ2n) is 3.22. The summed E-state index contributed by atoms with van der Waals surface area (Å²) in [4.78, 5) is 10.5. The normalized spacial score (nSPS) is 46.0. The molecule has 1 fully saturated rings. The van der Waals surface area contributed by atoms with E-state index in [9.17, 15) is 9.90 Å². The zero-order valence-electron chi connectivity index (χ0n) is 6.74. The summed E-state index contributed by atoms with van der Waals surface area (Å²) in [6.45, 7) is 0. The van der Waals surface area contributed by atoms with Crippen molar-refractivity contribution in [2.24, 2.45) is 5.92 Å². The van der Waals surface area contributed by atoms with Gasteiger partial charge in [0, 0.05) is 0 Å². The van der Waals surface area contributed by atoms with Gasteiger partial charge in [0.15, 0.2) is 0 Å². The summed E-state index contributed by atoms with van der Waals surface area (Å²) in [7, 11) is 0. The Kier molecular flexibility index (Phi) is 2.87. The van der Waals surface area contributed by atoms with Gasteiger partial charge in [-0.2, -0.15) is 0 Å². The molecule has 0 heterocycles. The lowest BCUT2D eigenvalue weighted by Gasteiger charge is -2.36. The van der Waals surface area contributed by atoms with Gasteiger partial charge in [-0.15, -0.1) is 0 Å². The van der Waals surface area contributed by atoms with E-state index in [0.717, 1.165) is 0 Å². The number of hydrogen-bond donors (Lipinski definition) is 5.